The van der Waals surface area contributed by atoms with E-state index in [1.165, 1.54) is 6.07 Å². The second kappa shape index (κ2) is 7.41. The standard InChI is InChI=1S/C14H22FNO/c1-11(6-7-17)10-16-12(2)8-13-4-3-5-14(15)9-13/h3-5,9,11-12,16-17H,6-8,10H2,1-2H3. The minimum absolute atomic E-state index is 0.177. The van der Waals surface area contributed by atoms with Gasteiger partial charge < -0.3 is 10.4 Å². The molecule has 0 aliphatic rings. The Kier molecular flexibility index (Phi) is 6.16. The fourth-order valence-corrected chi connectivity index (χ4v) is 1.81. The molecule has 3 heteroatoms. The third-order valence-electron chi connectivity index (χ3n) is 2.87. The van der Waals surface area contributed by atoms with Crippen molar-refractivity contribution in [3.05, 3.63) is 35.6 Å². The van der Waals surface area contributed by atoms with Crippen LogP contribution in [0.5, 0.6) is 0 Å². The lowest BCUT2D eigenvalue weighted by Crippen LogP contribution is -2.32. The van der Waals surface area contributed by atoms with Gasteiger partial charge in [0.2, 0.25) is 0 Å². The summed E-state index contributed by atoms with van der Waals surface area (Å²) in [5.74, 6) is 0.290. The average Bonchev–Trinajstić information content (AvgIpc) is 2.27. The Morgan fingerprint density at radius 2 is 2.12 bits per heavy atom. The van der Waals surface area contributed by atoms with E-state index in [1.807, 2.05) is 6.07 Å². The molecule has 0 aromatic heterocycles. The van der Waals surface area contributed by atoms with Crippen LogP contribution >= 0.6 is 0 Å². The predicted molar refractivity (Wildman–Crippen MR) is 68.4 cm³/mol. The van der Waals surface area contributed by atoms with Crippen LogP contribution in [0.3, 0.4) is 0 Å². The number of nitrogens with one attached hydrogen (secondary N) is 1. The van der Waals surface area contributed by atoms with Crippen molar-refractivity contribution in [2.75, 3.05) is 13.2 Å². The molecule has 0 radical (unpaired) electrons. The van der Waals surface area contributed by atoms with Crippen molar-refractivity contribution in [2.24, 2.45) is 5.92 Å². The van der Waals surface area contributed by atoms with Crippen LogP contribution in [-0.4, -0.2) is 24.3 Å². The molecule has 2 atom stereocenters. The molecule has 0 heterocycles. The average molecular weight is 239 g/mol. The van der Waals surface area contributed by atoms with E-state index in [-0.39, 0.29) is 12.4 Å². The maximum Gasteiger partial charge on any atom is 0.123 e. The van der Waals surface area contributed by atoms with Gasteiger partial charge in [-0.15, -0.1) is 0 Å². The molecule has 1 aromatic rings. The highest BCUT2D eigenvalue weighted by molar-refractivity contribution is 5.17. The van der Waals surface area contributed by atoms with E-state index in [0.29, 0.717) is 12.0 Å². The summed E-state index contributed by atoms with van der Waals surface area (Å²) in [6.45, 7) is 5.33. The number of halogens is 1. The Morgan fingerprint density at radius 3 is 2.76 bits per heavy atom. The van der Waals surface area contributed by atoms with Crippen LogP contribution in [0.25, 0.3) is 0 Å². The van der Waals surface area contributed by atoms with Gasteiger partial charge in [0.25, 0.3) is 0 Å². The molecule has 17 heavy (non-hydrogen) atoms. The van der Waals surface area contributed by atoms with Crippen LogP contribution in [0, 0.1) is 11.7 Å². The Hall–Kier alpha value is -0.930. The first-order valence-electron chi connectivity index (χ1n) is 6.20. The Balaban J connectivity index is 2.32. The molecule has 0 saturated carbocycles. The first-order valence-corrected chi connectivity index (χ1v) is 6.20. The van der Waals surface area contributed by atoms with Gasteiger partial charge in [0.1, 0.15) is 5.82 Å². The molecule has 0 amide bonds. The molecule has 96 valence electrons. The molecule has 0 aliphatic carbocycles. The first kappa shape index (κ1) is 14.1. The van der Waals surface area contributed by atoms with Gasteiger partial charge in [0, 0.05) is 12.6 Å². The molecule has 1 rings (SSSR count). The normalized spacial score (nSPS) is 14.6. The third-order valence-corrected chi connectivity index (χ3v) is 2.87. The summed E-state index contributed by atoms with van der Waals surface area (Å²) in [6.07, 6.45) is 1.64. The maximum atomic E-state index is 13.0. The predicted octanol–water partition coefficient (Wildman–Crippen LogP) is 2.36. The van der Waals surface area contributed by atoms with Crippen LogP contribution in [0.2, 0.25) is 0 Å². The zero-order valence-corrected chi connectivity index (χ0v) is 10.6. The van der Waals surface area contributed by atoms with E-state index in [9.17, 15) is 4.39 Å². The van der Waals surface area contributed by atoms with Gasteiger partial charge in [-0.2, -0.15) is 0 Å². The van der Waals surface area contributed by atoms with Gasteiger partial charge >= 0.3 is 0 Å². The van der Waals surface area contributed by atoms with Crippen LogP contribution in [0.1, 0.15) is 25.8 Å². The lowest BCUT2D eigenvalue weighted by molar-refractivity contribution is 0.258. The smallest absolute Gasteiger partial charge is 0.123 e. The Bertz CT molecular complexity index is 330. The summed E-state index contributed by atoms with van der Waals surface area (Å²) in [5, 5.41) is 12.2. The minimum atomic E-state index is -0.177. The molecule has 2 N–H and O–H groups in total. The van der Waals surface area contributed by atoms with Crippen molar-refractivity contribution in [3.63, 3.8) is 0 Å². The molecule has 1 aromatic carbocycles. The molecule has 2 unspecified atom stereocenters. The van der Waals surface area contributed by atoms with E-state index in [4.69, 9.17) is 5.11 Å². The quantitative estimate of drug-likeness (QED) is 0.765. The fraction of sp³-hybridized carbons (Fsp3) is 0.571. The van der Waals surface area contributed by atoms with Crippen molar-refractivity contribution >= 4 is 0 Å². The number of rotatable bonds is 7. The molecule has 0 bridgehead atoms. The third kappa shape index (κ3) is 5.80. The highest BCUT2D eigenvalue weighted by Crippen LogP contribution is 2.07. The van der Waals surface area contributed by atoms with E-state index in [2.05, 4.69) is 19.2 Å². The van der Waals surface area contributed by atoms with Gasteiger partial charge in [-0.05, 0) is 49.9 Å². The van der Waals surface area contributed by atoms with Crippen LogP contribution in [0.4, 0.5) is 4.39 Å². The van der Waals surface area contributed by atoms with Gasteiger partial charge in [-0.3, -0.25) is 0 Å². The second-order valence-electron chi connectivity index (χ2n) is 4.76. The van der Waals surface area contributed by atoms with Crippen molar-refractivity contribution < 1.29 is 9.50 Å². The van der Waals surface area contributed by atoms with E-state index < -0.39 is 0 Å². The molecular weight excluding hydrogens is 217 g/mol. The number of aliphatic hydroxyl groups is 1. The van der Waals surface area contributed by atoms with Gasteiger partial charge in [-0.25, -0.2) is 4.39 Å². The number of aliphatic hydroxyl groups excluding tert-OH is 1. The summed E-state index contributed by atoms with van der Waals surface area (Å²) in [6, 6.07) is 7.04. The molecular formula is C14H22FNO. The minimum Gasteiger partial charge on any atom is -0.396 e. The van der Waals surface area contributed by atoms with E-state index in [0.717, 1.165) is 24.9 Å². The molecule has 0 saturated heterocycles. The zero-order valence-electron chi connectivity index (χ0n) is 10.6. The maximum absolute atomic E-state index is 13.0. The fourth-order valence-electron chi connectivity index (χ4n) is 1.81. The van der Waals surface area contributed by atoms with Crippen molar-refractivity contribution in [3.8, 4) is 0 Å². The Morgan fingerprint density at radius 1 is 1.35 bits per heavy atom. The van der Waals surface area contributed by atoms with Crippen LogP contribution < -0.4 is 5.32 Å². The Labute approximate surface area is 103 Å². The second-order valence-corrected chi connectivity index (χ2v) is 4.76. The summed E-state index contributed by atoms with van der Waals surface area (Å²) in [5.41, 5.74) is 1.01. The van der Waals surface area contributed by atoms with Crippen LogP contribution in [0.15, 0.2) is 24.3 Å². The number of hydrogen-bond acceptors (Lipinski definition) is 2. The summed E-state index contributed by atoms with van der Waals surface area (Å²) in [4.78, 5) is 0. The summed E-state index contributed by atoms with van der Waals surface area (Å²) in [7, 11) is 0. The highest BCUT2D eigenvalue weighted by Gasteiger charge is 2.06. The molecule has 0 spiro atoms. The van der Waals surface area contributed by atoms with Gasteiger partial charge in [-0.1, -0.05) is 19.1 Å². The molecule has 0 fully saturated rings. The van der Waals surface area contributed by atoms with Gasteiger partial charge in [0.05, 0.1) is 0 Å². The lowest BCUT2D eigenvalue weighted by Gasteiger charge is -2.17. The largest absolute Gasteiger partial charge is 0.396 e. The number of hydrogen-bond donors (Lipinski definition) is 2. The topological polar surface area (TPSA) is 32.3 Å². The SMILES string of the molecule is CC(CCO)CNC(C)Cc1cccc(F)c1. The lowest BCUT2D eigenvalue weighted by atomic mass is 10.1. The molecule has 0 aliphatic heterocycles. The first-order chi connectivity index (χ1) is 8.11. The monoisotopic (exact) mass is 239 g/mol. The zero-order chi connectivity index (χ0) is 12.7. The van der Waals surface area contributed by atoms with Crippen LogP contribution in [-0.2, 0) is 6.42 Å². The highest BCUT2D eigenvalue weighted by atomic mass is 19.1. The summed E-state index contributed by atoms with van der Waals surface area (Å²) < 4.78 is 13.0. The van der Waals surface area contributed by atoms with Crippen molar-refractivity contribution in [1.82, 2.24) is 5.32 Å². The van der Waals surface area contributed by atoms with Crippen molar-refractivity contribution in [1.29, 1.82) is 0 Å². The van der Waals surface area contributed by atoms with Gasteiger partial charge in [0.15, 0.2) is 0 Å². The number of benzene rings is 1. The van der Waals surface area contributed by atoms with Crippen molar-refractivity contribution in [2.45, 2.75) is 32.7 Å². The summed E-state index contributed by atoms with van der Waals surface area (Å²) >= 11 is 0. The van der Waals surface area contributed by atoms with E-state index in [1.54, 1.807) is 12.1 Å². The molecule has 2 nitrogen and oxygen atoms in total. The van der Waals surface area contributed by atoms with E-state index >= 15 is 0 Å².